The van der Waals surface area contributed by atoms with Gasteiger partial charge in [0, 0.05) is 24.3 Å². The first-order chi connectivity index (χ1) is 15.3. The Balaban J connectivity index is 1.43. The topological polar surface area (TPSA) is 91.7 Å². The lowest BCUT2D eigenvalue weighted by molar-refractivity contribution is 0.102. The molecule has 1 aromatic heterocycles. The number of carbonyl (C=O) groups is 1. The van der Waals surface area contributed by atoms with Gasteiger partial charge in [-0.2, -0.15) is 0 Å². The second-order valence-corrected chi connectivity index (χ2v) is 9.13. The number of furan rings is 1. The predicted octanol–water partition coefficient (Wildman–Crippen LogP) is 3.89. The van der Waals surface area contributed by atoms with Gasteiger partial charge in [0.1, 0.15) is 11.4 Å². The van der Waals surface area contributed by atoms with Crippen molar-refractivity contribution in [1.29, 1.82) is 0 Å². The summed E-state index contributed by atoms with van der Waals surface area (Å²) in [6, 6.07) is 10.6. The second kappa shape index (κ2) is 9.09. The minimum absolute atomic E-state index is 0.0118. The maximum atomic E-state index is 14.5. The number of hydrogen-bond acceptors (Lipinski definition) is 5. The first-order valence-electron chi connectivity index (χ1n) is 10.0. The van der Waals surface area contributed by atoms with Gasteiger partial charge < -0.3 is 14.6 Å². The van der Waals surface area contributed by atoms with Crippen molar-refractivity contribution in [3.63, 3.8) is 0 Å². The first kappa shape index (κ1) is 22.0. The minimum Gasteiger partial charge on any atom is -0.468 e. The fourth-order valence-electron chi connectivity index (χ4n) is 3.53. The lowest BCUT2D eigenvalue weighted by Gasteiger charge is -2.19. The molecule has 0 bridgehead atoms. The van der Waals surface area contributed by atoms with Crippen molar-refractivity contribution < 1.29 is 26.4 Å². The number of halogens is 2. The van der Waals surface area contributed by atoms with E-state index in [0.717, 1.165) is 25.0 Å². The summed E-state index contributed by atoms with van der Waals surface area (Å²) in [4.78, 5) is 14.1. The molecule has 0 radical (unpaired) electrons. The number of amides is 1. The average molecular weight is 461 g/mol. The molecule has 0 spiro atoms. The Morgan fingerprint density at radius 1 is 1.03 bits per heavy atom. The van der Waals surface area contributed by atoms with E-state index in [1.807, 2.05) is 0 Å². The van der Waals surface area contributed by atoms with Crippen LogP contribution >= 0.6 is 0 Å². The van der Waals surface area contributed by atoms with E-state index in [1.165, 1.54) is 30.5 Å². The molecule has 0 atom stereocenters. The van der Waals surface area contributed by atoms with Crippen molar-refractivity contribution in [3.8, 4) is 0 Å². The number of nitrogens with one attached hydrogen (secondary N) is 2. The van der Waals surface area contributed by atoms with Crippen LogP contribution in [0, 0.1) is 11.6 Å². The Hall–Kier alpha value is -3.24. The van der Waals surface area contributed by atoms with Crippen LogP contribution < -0.4 is 14.9 Å². The molecule has 4 rings (SSSR count). The molecule has 2 heterocycles. The van der Waals surface area contributed by atoms with Crippen LogP contribution in [-0.2, 0) is 16.6 Å². The third-order valence-electron chi connectivity index (χ3n) is 5.14. The molecular formula is C22H21F2N3O4S. The Kier molecular flexibility index (Phi) is 6.24. The highest BCUT2D eigenvalue weighted by molar-refractivity contribution is 7.89. The average Bonchev–Trinajstić information content (AvgIpc) is 3.46. The van der Waals surface area contributed by atoms with Gasteiger partial charge in [0.05, 0.1) is 17.7 Å². The summed E-state index contributed by atoms with van der Waals surface area (Å²) in [7, 11) is -3.81. The van der Waals surface area contributed by atoms with Crippen LogP contribution in [0.2, 0.25) is 0 Å². The Labute approximate surface area is 184 Å². The van der Waals surface area contributed by atoms with Crippen molar-refractivity contribution in [2.75, 3.05) is 23.3 Å². The molecule has 1 amide bonds. The highest BCUT2D eigenvalue weighted by Gasteiger charge is 2.22. The molecule has 32 heavy (non-hydrogen) atoms. The third-order valence-corrected chi connectivity index (χ3v) is 6.56. The first-order valence-corrected chi connectivity index (χ1v) is 11.5. The lowest BCUT2D eigenvalue weighted by atomic mass is 10.2. The minimum atomic E-state index is -3.81. The van der Waals surface area contributed by atoms with E-state index in [-0.39, 0.29) is 28.4 Å². The number of carbonyl (C=O) groups excluding carboxylic acids is 1. The van der Waals surface area contributed by atoms with Crippen molar-refractivity contribution in [1.82, 2.24) is 4.72 Å². The molecule has 1 aliphatic heterocycles. The van der Waals surface area contributed by atoms with E-state index in [9.17, 15) is 22.0 Å². The zero-order valence-corrected chi connectivity index (χ0v) is 17.8. The summed E-state index contributed by atoms with van der Waals surface area (Å²) < 4.78 is 61.2. The molecule has 10 heteroatoms. The van der Waals surface area contributed by atoms with Crippen LogP contribution in [0.15, 0.2) is 64.1 Å². The van der Waals surface area contributed by atoms with E-state index in [0.29, 0.717) is 18.8 Å². The highest BCUT2D eigenvalue weighted by Crippen LogP contribution is 2.30. The van der Waals surface area contributed by atoms with Gasteiger partial charge in [-0.3, -0.25) is 4.79 Å². The monoisotopic (exact) mass is 461 g/mol. The fourth-order valence-corrected chi connectivity index (χ4v) is 4.53. The summed E-state index contributed by atoms with van der Waals surface area (Å²) in [5.41, 5.74) is 0.0290. The molecule has 1 saturated heterocycles. The zero-order chi connectivity index (χ0) is 22.7. The quantitative estimate of drug-likeness (QED) is 0.557. The summed E-state index contributed by atoms with van der Waals surface area (Å²) in [5.74, 6) is -1.65. The number of rotatable bonds is 7. The highest BCUT2D eigenvalue weighted by atomic mass is 32.2. The van der Waals surface area contributed by atoms with Crippen molar-refractivity contribution in [3.05, 3.63) is 77.8 Å². The normalized spacial score (nSPS) is 14.0. The van der Waals surface area contributed by atoms with Crippen molar-refractivity contribution in [2.24, 2.45) is 0 Å². The van der Waals surface area contributed by atoms with Crippen molar-refractivity contribution >= 4 is 27.3 Å². The Bertz CT molecular complexity index is 1180. The fraction of sp³-hybridized carbons (Fsp3) is 0.227. The van der Waals surface area contributed by atoms with E-state index >= 15 is 0 Å². The lowest BCUT2D eigenvalue weighted by Crippen LogP contribution is -2.23. The second-order valence-electron chi connectivity index (χ2n) is 7.37. The number of benzene rings is 2. The van der Waals surface area contributed by atoms with Gasteiger partial charge in [0.25, 0.3) is 5.91 Å². The zero-order valence-electron chi connectivity index (χ0n) is 17.0. The SMILES string of the molecule is O=C(Nc1cc(F)c(N2CCCC2)c(F)c1)c1ccc(S(=O)(=O)NCc2ccco2)cc1. The van der Waals surface area contributed by atoms with Crippen LogP contribution in [0.25, 0.3) is 0 Å². The van der Waals surface area contributed by atoms with Gasteiger partial charge in [0.15, 0.2) is 11.6 Å². The molecule has 168 valence electrons. The van der Waals surface area contributed by atoms with Crippen LogP contribution in [0.4, 0.5) is 20.2 Å². The molecule has 3 aromatic rings. The molecule has 1 aliphatic rings. The standard InChI is InChI=1S/C22H21F2N3O4S/c23-19-12-16(13-20(24)21(19)27-9-1-2-10-27)26-22(28)15-5-7-18(8-6-15)32(29,30)25-14-17-4-3-11-31-17/h3-8,11-13,25H,1-2,9-10,14H2,(H,26,28). The van der Waals surface area contributed by atoms with E-state index in [4.69, 9.17) is 4.42 Å². The van der Waals surface area contributed by atoms with Gasteiger partial charge in [-0.25, -0.2) is 21.9 Å². The smallest absolute Gasteiger partial charge is 0.255 e. The number of anilines is 2. The Morgan fingerprint density at radius 2 is 1.69 bits per heavy atom. The molecule has 7 nitrogen and oxygen atoms in total. The van der Waals surface area contributed by atoms with Crippen LogP contribution in [0.5, 0.6) is 0 Å². The number of hydrogen-bond donors (Lipinski definition) is 2. The van der Waals surface area contributed by atoms with Gasteiger partial charge in [0.2, 0.25) is 10.0 Å². The molecule has 1 fully saturated rings. The molecule has 2 aromatic carbocycles. The maximum Gasteiger partial charge on any atom is 0.255 e. The largest absolute Gasteiger partial charge is 0.468 e. The summed E-state index contributed by atoms with van der Waals surface area (Å²) in [5, 5.41) is 2.44. The summed E-state index contributed by atoms with van der Waals surface area (Å²) in [6.07, 6.45) is 3.19. The van der Waals surface area contributed by atoms with Crippen LogP contribution in [0.1, 0.15) is 29.0 Å². The van der Waals surface area contributed by atoms with Gasteiger partial charge >= 0.3 is 0 Å². The molecule has 0 unspecified atom stereocenters. The Morgan fingerprint density at radius 3 is 2.28 bits per heavy atom. The van der Waals surface area contributed by atoms with Gasteiger partial charge in [-0.05, 0) is 61.4 Å². The third kappa shape index (κ3) is 4.81. The van der Waals surface area contributed by atoms with Gasteiger partial charge in [-0.15, -0.1) is 0 Å². The van der Waals surface area contributed by atoms with E-state index in [2.05, 4.69) is 10.0 Å². The van der Waals surface area contributed by atoms with Crippen molar-refractivity contribution in [2.45, 2.75) is 24.3 Å². The molecule has 2 N–H and O–H groups in total. The number of sulfonamides is 1. The van der Waals surface area contributed by atoms with E-state index < -0.39 is 27.6 Å². The molecule has 0 saturated carbocycles. The predicted molar refractivity (Wildman–Crippen MR) is 115 cm³/mol. The molecular weight excluding hydrogens is 440 g/mol. The summed E-state index contributed by atoms with van der Waals surface area (Å²) in [6.45, 7) is 1.17. The van der Waals surface area contributed by atoms with Crippen LogP contribution in [-0.4, -0.2) is 27.4 Å². The van der Waals surface area contributed by atoms with Gasteiger partial charge in [-0.1, -0.05) is 0 Å². The summed E-state index contributed by atoms with van der Waals surface area (Å²) >= 11 is 0. The maximum absolute atomic E-state index is 14.5. The van der Waals surface area contributed by atoms with Crippen LogP contribution in [0.3, 0.4) is 0 Å². The number of nitrogens with zero attached hydrogens (tertiary/aromatic N) is 1. The molecule has 0 aliphatic carbocycles. The van der Waals surface area contributed by atoms with E-state index in [1.54, 1.807) is 17.0 Å².